The second-order valence-electron chi connectivity index (χ2n) is 4.05. The van der Waals surface area contributed by atoms with E-state index in [-0.39, 0.29) is 5.65 Å². The highest BCUT2D eigenvalue weighted by molar-refractivity contribution is 7.56. The van der Waals surface area contributed by atoms with E-state index < -0.39 is 0 Å². The Balaban J connectivity index is 0. The zero-order valence-electron chi connectivity index (χ0n) is 14.2. The van der Waals surface area contributed by atoms with Gasteiger partial charge in [-0.1, -0.05) is 33.6 Å². The Bertz CT molecular complexity index is 206. The minimum Gasteiger partial charge on any atom is -0.379 e. The number of ether oxygens (including phenoxy) is 3. The molecule has 0 aromatic rings. The summed E-state index contributed by atoms with van der Waals surface area (Å²) in [5.41, 5.74) is 0.0834. The molecule has 6 heteroatoms. The van der Waals surface area contributed by atoms with Crippen LogP contribution in [-0.2, 0) is 14.2 Å². The van der Waals surface area contributed by atoms with Crippen molar-refractivity contribution >= 4 is 14.2 Å². The van der Waals surface area contributed by atoms with Crippen molar-refractivity contribution in [2.24, 2.45) is 0 Å². The van der Waals surface area contributed by atoms with Gasteiger partial charge in [0.2, 0.25) is 5.65 Å². The molecule has 0 fully saturated rings. The van der Waals surface area contributed by atoms with Crippen molar-refractivity contribution in [1.29, 1.82) is 0 Å². The summed E-state index contributed by atoms with van der Waals surface area (Å²) in [5, 5.41) is 2.76. The second-order valence-corrected chi connectivity index (χ2v) is 5.00. The first-order valence-electron chi connectivity index (χ1n) is 8.00. The Kier molecular flexibility index (Phi) is 24.2. The maximum absolute atomic E-state index is 10.9. The topological polar surface area (TPSA) is 56.8 Å². The number of unbranched alkanes of at least 4 members (excludes halogenated alkanes) is 2. The molecule has 1 amide bonds. The molecule has 0 radical (unpaired) electrons. The predicted molar refractivity (Wildman–Crippen MR) is 91.0 cm³/mol. The van der Waals surface area contributed by atoms with Crippen LogP contribution in [0.15, 0.2) is 0 Å². The number of carbonyl (C=O) groups excluding carboxylic acids is 1. The normalized spacial score (nSPS) is 10.5. The zero-order chi connectivity index (χ0) is 16.2. The first kappa shape index (κ1) is 23.1. The van der Waals surface area contributed by atoms with Crippen LogP contribution in [0.5, 0.6) is 0 Å². The number of hydrogen-bond acceptors (Lipinski definition) is 4. The number of rotatable bonds is 14. The van der Waals surface area contributed by atoms with Crippen LogP contribution >= 0.6 is 8.58 Å². The third kappa shape index (κ3) is 22.2. The van der Waals surface area contributed by atoms with Gasteiger partial charge in [0.1, 0.15) is 0 Å². The van der Waals surface area contributed by atoms with Gasteiger partial charge in [-0.05, 0) is 21.7 Å². The molecule has 0 aromatic carbocycles. The minimum atomic E-state index is 0.0834. The summed E-state index contributed by atoms with van der Waals surface area (Å²) in [7, 11) is 0.299. The van der Waals surface area contributed by atoms with Gasteiger partial charge in [-0.3, -0.25) is 4.79 Å². The SMILES string of the molecule is CC.CCCCCOCCOCCOCCNC(=O)PC. The molecule has 0 aliphatic heterocycles. The van der Waals surface area contributed by atoms with E-state index in [4.69, 9.17) is 14.2 Å². The van der Waals surface area contributed by atoms with E-state index in [9.17, 15) is 4.79 Å². The first-order valence-corrected chi connectivity index (χ1v) is 9.50. The molecule has 1 unspecified atom stereocenters. The zero-order valence-corrected chi connectivity index (χ0v) is 15.2. The van der Waals surface area contributed by atoms with Gasteiger partial charge in [-0.25, -0.2) is 0 Å². The van der Waals surface area contributed by atoms with Gasteiger partial charge in [0, 0.05) is 13.2 Å². The molecule has 0 spiro atoms. The van der Waals surface area contributed by atoms with Gasteiger partial charge in [0.25, 0.3) is 0 Å². The van der Waals surface area contributed by atoms with Crippen LogP contribution in [0, 0.1) is 0 Å². The lowest BCUT2D eigenvalue weighted by atomic mass is 10.3. The van der Waals surface area contributed by atoms with E-state index in [0.717, 1.165) is 13.0 Å². The lowest BCUT2D eigenvalue weighted by Gasteiger charge is -2.07. The van der Waals surface area contributed by atoms with Crippen molar-refractivity contribution in [3.63, 3.8) is 0 Å². The van der Waals surface area contributed by atoms with Gasteiger partial charge >= 0.3 is 0 Å². The summed E-state index contributed by atoms with van der Waals surface area (Å²) in [6, 6.07) is 0. The quantitative estimate of drug-likeness (QED) is 0.394. The summed E-state index contributed by atoms with van der Waals surface area (Å²) in [5.74, 6) is 0. The Labute approximate surface area is 132 Å². The highest BCUT2D eigenvalue weighted by Gasteiger charge is 1.95. The summed E-state index contributed by atoms with van der Waals surface area (Å²) in [6.07, 6.45) is 3.57. The van der Waals surface area contributed by atoms with E-state index in [1.807, 2.05) is 20.5 Å². The Morgan fingerprint density at radius 3 is 1.95 bits per heavy atom. The Morgan fingerprint density at radius 2 is 1.43 bits per heavy atom. The Hall–Kier alpha value is -0.220. The van der Waals surface area contributed by atoms with Crippen LogP contribution < -0.4 is 5.32 Å². The fourth-order valence-electron chi connectivity index (χ4n) is 1.32. The fourth-order valence-corrected chi connectivity index (χ4v) is 1.62. The third-order valence-corrected chi connectivity index (χ3v) is 3.03. The van der Waals surface area contributed by atoms with Crippen LogP contribution in [0.25, 0.3) is 0 Å². The van der Waals surface area contributed by atoms with E-state index in [1.165, 1.54) is 12.8 Å². The molecule has 0 heterocycles. The summed E-state index contributed by atoms with van der Waals surface area (Å²) in [4.78, 5) is 10.9. The smallest absolute Gasteiger partial charge is 0.237 e. The molecule has 0 saturated heterocycles. The minimum absolute atomic E-state index is 0.0834. The average Bonchev–Trinajstić information content (AvgIpc) is 2.53. The molecule has 21 heavy (non-hydrogen) atoms. The van der Waals surface area contributed by atoms with E-state index in [0.29, 0.717) is 48.2 Å². The van der Waals surface area contributed by atoms with Crippen LogP contribution in [0.4, 0.5) is 4.79 Å². The largest absolute Gasteiger partial charge is 0.379 e. The van der Waals surface area contributed by atoms with Gasteiger partial charge in [-0.2, -0.15) is 0 Å². The molecule has 0 aliphatic carbocycles. The number of hydrogen-bond donors (Lipinski definition) is 1. The van der Waals surface area contributed by atoms with Crippen molar-refractivity contribution in [2.45, 2.75) is 40.0 Å². The average molecular weight is 323 g/mol. The van der Waals surface area contributed by atoms with Crippen LogP contribution in [0.3, 0.4) is 0 Å². The lowest BCUT2D eigenvalue weighted by molar-refractivity contribution is 0.0148. The molecule has 5 nitrogen and oxygen atoms in total. The lowest BCUT2D eigenvalue weighted by Crippen LogP contribution is -2.23. The first-order chi connectivity index (χ1) is 10.3. The number of amides is 1. The standard InChI is InChI=1S/C13H28NO4P.C2H6/c1-3-4-5-7-16-9-11-18-12-10-17-8-6-14-13(15)19-2;1-2/h19H,3-12H2,1-2H3,(H,14,15);1-2H3. The summed E-state index contributed by atoms with van der Waals surface area (Å²) >= 11 is 0. The molecule has 1 atom stereocenters. The number of carbonyl (C=O) groups is 1. The molecular formula is C15H34NO4P. The van der Waals surface area contributed by atoms with E-state index in [2.05, 4.69) is 12.2 Å². The van der Waals surface area contributed by atoms with Crippen LogP contribution in [0.1, 0.15) is 40.0 Å². The summed E-state index contributed by atoms with van der Waals surface area (Å²) < 4.78 is 16.1. The molecule has 0 bridgehead atoms. The van der Waals surface area contributed by atoms with Gasteiger partial charge in [-0.15, -0.1) is 0 Å². The monoisotopic (exact) mass is 323 g/mol. The highest BCUT2D eigenvalue weighted by Crippen LogP contribution is 2.00. The van der Waals surface area contributed by atoms with Crippen LogP contribution in [-0.4, -0.2) is 58.5 Å². The van der Waals surface area contributed by atoms with Gasteiger partial charge in [0.05, 0.1) is 33.0 Å². The molecule has 0 aromatic heterocycles. The van der Waals surface area contributed by atoms with Crippen molar-refractivity contribution in [1.82, 2.24) is 5.32 Å². The molecule has 0 aliphatic rings. The second kappa shape index (κ2) is 22.1. The molecule has 0 saturated carbocycles. The predicted octanol–water partition coefficient (Wildman–Crippen LogP) is 3.27. The number of nitrogens with one attached hydrogen (secondary N) is 1. The molecule has 1 N–H and O–H groups in total. The highest BCUT2D eigenvalue weighted by atomic mass is 31.1. The van der Waals surface area contributed by atoms with Crippen molar-refractivity contribution in [3.05, 3.63) is 0 Å². The fraction of sp³-hybridized carbons (Fsp3) is 0.933. The Morgan fingerprint density at radius 1 is 0.905 bits per heavy atom. The maximum Gasteiger partial charge on any atom is 0.237 e. The maximum atomic E-state index is 10.9. The van der Waals surface area contributed by atoms with Crippen molar-refractivity contribution < 1.29 is 19.0 Å². The molecule has 0 rings (SSSR count). The van der Waals surface area contributed by atoms with Gasteiger partial charge < -0.3 is 19.5 Å². The van der Waals surface area contributed by atoms with Crippen molar-refractivity contribution in [3.8, 4) is 0 Å². The van der Waals surface area contributed by atoms with Gasteiger partial charge in [0.15, 0.2) is 0 Å². The third-order valence-electron chi connectivity index (χ3n) is 2.40. The van der Waals surface area contributed by atoms with Crippen molar-refractivity contribution in [2.75, 3.05) is 52.9 Å². The molecular weight excluding hydrogens is 289 g/mol. The van der Waals surface area contributed by atoms with E-state index in [1.54, 1.807) is 0 Å². The summed E-state index contributed by atoms with van der Waals surface area (Å²) in [6.45, 7) is 12.4. The van der Waals surface area contributed by atoms with Crippen LogP contribution in [0.2, 0.25) is 0 Å². The molecule has 128 valence electrons. The van der Waals surface area contributed by atoms with E-state index >= 15 is 0 Å².